The highest BCUT2D eigenvalue weighted by Gasteiger charge is 2.11. The van der Waals surface area contributed by atoms with Crippen LogP contribution >= 0.6 is 0 Å². The van der Waals surface area contributed by atoms with Crippen molar-refractivity contribution in [2.45, 2.75) is 6.92 Å². The molecule has 7 heteroatoms. The maximum Gasteiger partial charge on any atom is 0.337 e. The van der Waals surface area contributed by atoms with Gasteiger partial charge in [-0.2, -0.15) is 0 Å². The normalized spacial score (nSPS) is 9.68. The fourth-order valence-corrected chi connectivity index (χ4v) is 1.88. The minimum absolute atomic E-state index is 0.0134. The van der Waals surface area contributed by atoms with Crippen molar-refractivity contribution in [1.82, 2.24) is 0 Å². The molecular formula is C15H12N4O3. The number of hydrogen-bond acceptors (Lipinski definition) is 4. The number of benzene rings is 2. The number of azide groups is 1. The summed E-state index contributed by atoms with van der Waals surface area (Å²) in [5.41, 5.74) is 10.2. The van der Waals surface area contributed by atoms with E-state index in [1.165, 1.54) is 25.1 Å². The third-order valence-electron chi connectivity index (χ3n) is 2.96. The van der Waals surface area contributed by atoms with Crippen LogP contribution in [-0.4, -0.2) is 16.9 Å². The van der Waals surface area contributed by atoms with Crippen LogP contribution in [0.3, 0.4) is 0 Å². The number of carboxylic acid groups (broad SMARTS) is 1. The largest absolute Gasteiger partial charge is 0.478 e. The van der Waals surface area contributed by atoms with E-state index in [4.69, 9.17) is 5.53 Å². The number of anilines is 2. The van der Waals surface area contributed by atoms with Gasteiger partial charge in [0.15, 0.2) is 5.78 Å². The van der Waals surface area contributed by atoms with Crippen LogP contribution in [0.2, 0.25) is 0 Å². The van der Waals surface area contributed by atoms with E-state index in [0.717, 1.165) is 0 Å². The second-order valence-corrected chi connectivity index (χ2v) is 4.48. The Morgan fingerprint density at radius 3 is 2.41 bits per heavy atom. The van der Waals surface area contributed by atoms with Crippen LogP contribution < -0.4 is 5.32 Å². The van der Waals surface area contributed by atoms with Gasteiger partial charge in [-0.3, -0.25) is 4.79 Å². The number of aromatic carboxylic acids is 1. The highest BCUT2D eigenvalue weighted by Crippen LogP contribution is 2.26. The molecule has 0 atom stereocenters. The minimum Gasteiger partial charge on any atom is -0.478 e. The molecule has 0 saturated carbocycles. The van der Waals surface area contributed by atoms with Gasteiger partial charge in [0.05, 0.1) is 11.3 Å². The van der Waals surface area contributed by atoms with Crippen molar-refractivity contribution in [2.24, 2.45) is 5.11 Å². The molecule has 0 spiro atoms. The van der Waals surface area contributed by atoms with Crippen LogP contribution in [0, 0.1) is 0 Å². The van der Waals surface area contributed by atoms with Crippen molar-refractivity contribution in [3.05, 3.63) is 64.0 Å². The number of hydrogen-bond donors (Lipinski definition) is 2. The zero-order chi connectivity index (χ0) is 16.1. The lowest BCUT2D eigenvalue weighted by Crippen LogP contribution is -2.02. The first-order valence-corrected chi connectivity index (χ1v) is 6.31. The van der Waals surface area contributed by atoms with Gasteiger partial charge in [0.25, 0.3) is 0 Å². The smallest absolute Gasteiger partial charge is 0.337 e. The first-order chi connectivity index (χ1) is 10.5. The van der Waals surface area contributed by atoms with Crippen LogP contribution in [0.25, 0.3) is 10.4 Å². The summed E-state index contributed by atoms with van der Waals surface area (Å²) in [6, 6.07) is 11.0. The molecule has 0 aliphatic carbocycles. The molecule has 2 rings (SSSR count). The molecule has 110 valence electrons. The van der Waals surface area contributed by atoms with E-state index in [0.29, 0.717) is 16.9 Å². The van der Waals surface area contributed by atoms with Crippen LogP contribution in [0.5, 0.6) is 0 Å². The van der Waals surface area contributed by atoms with Crippen molar-refractivity contribution < 1.29 is 14.7 Å². The molecule has 0 amide bonds. The van der Waals surface area contributed by atoms with Gasteiger partial charge in [-0.1, -0.05) is 11.2 Å². The average molecular weight is 296 g/mol. The fraction of sp³-hybridized carbons (Fsp3) is 0.0667. The van der Waals surface area contributed by atoms with Gasteiger partial charge in [0.2, 0.25) is 0 Å². The van der Waals surface area contributed by atoms with E-state index in [9.17, 15) is 14.7 Å². The summed E-state index contributed by atoms with van der Waals surface area (Å²) in [7, 11) is 0. The van der Waals surface area contributed by atoms with Gasteiger partial charge in [0, 0.05) is 21.8 Å². The molecule has 0 aliphatic rings. The van der Waals surface area contributed by atoms with E-state index in [1.807, 2.05) is 0 Å². The molecule has 0 aliphatic heterocycles. The standard InChI is InChI=1S/C15H12N4O3/c1-9(20)10-2-4-11(5-3-10)17-14-7-6-12(18-19-16)8-13(14)15(21)22/h2-8,17H,1H3,(H,21,22). The highest BCUT2D eigenvalue weighted by atomic mass is 16.4. The van der Waals surface area contributed by atoms with Crippen molar-refractivity contribution in [3.63, 3.8) is 0 Å². The van der Waals surface area contributed by atoms with Crippen molar-refractivity contribution >= 4 is 28.8 Å². The zero-order valence-corrected chi connectivity index (χ0v) is 11.6. The van der Waals surface area contributed by atoms with E-state index in [-0.39, 0.29) is 17.0 Å². The second-order valence-electron chi connectivity index (χ2n) is 4.48. The molecular weight excluding hydrogens is 284 g/mol. The highest BCUT2D eigenvalue weighted by molar-refractivity contribution is 5.97. The van der Waals surface area contributed by atoms with Gasteiger partial charge in [-0.15, -0.1) is 0 Å². The molecule has 2 N–H and O–H groups in total. The topological polar surface area (TPSA) is 115 Å². The number of rotatable bonds is 5. The predicted molar refractivity (Wildman–Crippen MR) is 81.9 cm³/mol. The average Bonchev–Trinajstić information content (AvgIpc) is 2.49. The monoisotopic (exact) mass is 296 g/mol. The van der Waals surface area contributed by atoms with Crippen molar-refractivity contribution in [1.29, 1.82) is 0 Å². The van der Waals surface area contributed by atoms with Crippen molar-refractivity contribution in [2.75, 3.05) is 5.32 Å². The summed E-state index contributed by atoms with van der Waals surface area (Å²) < 4.78 is 0. The summed E-state index contributed by atoms with van der Waals surface area (Å²) >= 11 is 0. The summed E-state index contributed by atoms with van der Waals surface area (Å²) in [5, 5.41) is 15.6. The molecule has 7 nitrogen and oxygen atoms in total. The number of carbonyl (C=O) groups is 2. The molecule has 0 fully saturated rings. The number of Topliss-reactive ketones (excluding diaryl/α,β-unsaturated/α-hetero) is 1. The summed E-state index contributed by atoms with van der Waals surface area (Å²) in [6.07, 6.45) is 0. The number of carboxylic acids is 1. The second kappa shape index (κ2) is 6.43. The Balaban J connectivity index is 2.34. The minimum atomic E-state index is -1.14. The molecule has 2 aromatic carbocycles. The first-order valence-electron chi connectivity index (χ1n) is 6.31. The Morgan fingerprint density at radius 1 is 1.18 bits per heavy atom. The Labute approximate surface area is 125 Å². The molecule has 0 heterocycles. The third-order valence-corrected chi connectivity index (χ3v) is 2.96. The van der Waals surface area contributed by atoms with Crippen LogP contribution in [-0.2, 0) is 0 Å². The number of ketones is 1. The fourth-order valence-electron chi connectivity index (χ4n) is 1.88. The van der Waals surface area contributed by atoms with E-state index < -0.39 is 5.97 Å². The third kappa shape index (κ3) is 3.41. The van der Waals surface area contributed by atoms with E-state index in [2.05, 4.69) is 15.3 Å². The predicted octanol–water partition coefficient (Wildman–Crippen LogP) is 4.27. The number of nitrogens with one attached hydrogen (secondary N) is 1. The Bertz CT molecular complexity index is 778. The number of nitrogens with zero attached hydrogens (tertiary/aromatic N) is 3. The van der Waals surface area contributed by atoms with Gasteiger partial charge in [-0.05, 0) is 48.9 Å². The maximum atomic E-state index is 11.3. The number of carbonyl (C=O) groups excluding carboxylic acids is 1. The SMILES string of the molecule is CC(=O)c1ccc(Nc2ccc(N=[N+]=[N-])cc2C(=O)O)cc1. The van der Waals surface area contributed by atoms with E-state index in [1.54, 1.807) is 24.3 Å². The van der Waals surface area contributed by atoms with E-state index >= 15 is 0 Å². The molecule has 0 radical (unpaired) electrons. The lowest BCUT2D eigenvalue weighted by molar-refractivity contribution is 0.0697. The van der Waals surface area contributed by atoms with Crippen LogP contribution in [0.1, 0.15) is 27.6 Å². The summed E-state index contributed by atoms with van der Waals surface area (Å²) in [6.45, 7) is 1.47. The molecule has 0 bridgehead atoms. The van der Waals surface area contributed by atoms with Gasteiger partial charge in [0.1, 0.15) is 0 Å². The molecule has 22 heavy (non-hydrogen) atoms. The lowest BCUT2D eigenvalue weighted by Gasteiger charge is -2.10. The maximum absolute atomic E-state index is 11.3. The Kier molecular flexibility index (Phi) is 4.41. The van der Waals surface area contributed by atoms with Gasteiger partial charge in [-0.25, -0.2) is 4.79 Å². The van der Waals surface area contributed by atoms with Gasteiger partial charge < -0.3 is 10.4 Å². The molecule has 2 aromatic rings. The lowest BCUT2D eigenvalue weighted by atomic mass is 10.1. The van der Waals surface area contributed by atoms with Gasteiger partial charge >= 0.3 is 5.97 Å². The molecule has 0 saturated heterocycles. The summed E-state index contributed by atoms with van der Waals surface area (Å²) in [4.78, 5) is 25.1. The van der Waals surface area contributed by atoms with Crippen LogP contribution in [0.15, 0.2) is 47.6 Å². The quantitative estimate of drug-likeness (QED) is 0.371. The molecule has 0 aromatic heterocycles. The Morgan fingerprint density at radius 2 is 1.86 bits per heavy atom. The molecule has 0 unspecified atom stereocenters. The van der Waals surface area contributed by atoms with Crippen LogP contribution in [0.4, 0.5) is 17.1 Å². The first kappa shape index (κ1) is 15.1. The zero-order valence-electron chi connectivity index (χ0n) is 11.6. The van der Waals surface area contributed by atoms with Crippen molar-refractivity contribution in [3.8, 4) is 0 Å². The Hall–Kier alpha value is -3.31. The summed E-state index contributed by atoms with van der Waals surface area (Å²) in [5.74, 6) is -1.19.